The SMILES string of the molecule is CCS(=O)(=O)Nc1ccc(C2=NN(C(=O)c3ccccc3)C(c3ccccc3)C2)cc1. The van der Waals surface area contributed by atoms with Gasteiger partial charge in [0.25, 0.3) is 5.91 Å². The Labute approximate surface area is 182 Å². The molecule has 1 heterocycles. The van der Waals surface area contributed by atoms with Crippen molar-refractivity contribution in [3.8, 4) is 0 Å². The minimum absolute atomic E-state index is 0.0107. The monoisotopic (exact) mass is 433 g/mol. The van der Waals surface area contributed by atoms with E-state index in [9.17, 15) is 13.2 Å². The Kier molecular flexibility index (Phi) is 5.86. The topological polar surface area (TPSA) is 78.8 Å². The van der Waals surface area contributed by atoms with Crippen LogP contribution in [0.4, 0.5) is 5.69 Å². The van der Waals surface area contributed by atoms with E-state index in [1.54, 1.807) is 36.2 Å². The molecule has 1 unspecified atom stereocenters. The van der Waals surface area contributed by atoms with Crippen LogP contribution in [0, 0.1) is 0 Å². The molecular weight excluding hydrogens is 410 g/mol. The van der Waals surface area contributed by atoms with E-state index in [-0.39, 0.29) is 17.7 Å². The molecule has 0 fully saturated rings. The van der Waals surface area contributed by atoms with Crippen molar-refractivity contribution in [1.82, 2.24) is 5.01 Å². The molecule has 1 atom stereocenters. The molecule has 3 aromatic carbocycles. The van der Waals surface area contributed by atoms with Gasteiger partial charge >= 0.3 is 0 Å². The number of anilines is 1. The number of benzene rings is 3. The molecule has 7 heteroatoms. The van der Waals surface area contributed by atoms with E-state index in [0.29, 0.717) is 17.7 Å². The minimum Gasteiger partial charge on any atom is -0.284 e. The molecule has 1 aliphatic rings. The Morgan fingerprint density at radius 3 is 2.19 bits per heavy atom. The van der Waals surface area contributed by atoms with Gasteiger partial charge in [-0.25, -0.2) is 13.4 Å². The van der Waals surface area contributed by atoms with Gasteiger partial charge in [0.15, 0.2) is 0 Å². The van der Waals surface area contributed by atoms with E-state index in [1.807, 2.05) is 60.7 Å². The van der Waals surface area contributed by atoms with Gasteiger partial charge in [0, 0.05) is 17.7 Å². The fourth-order valence-electron chi connectivity index (χ4n) is 3.50. The van der Waals surface area contributed by atoms with Crippen LogP contribution >= 0.6 is 0 Å². The third-order valence-electron chi connectivity index (χ3n) is 5.20. The first-order valence-electron chi connectivity index (χ1n) is 10.1. The third-order valence-corrected chi connectivity index (χ3v) is 6.50. The molecule has 0 saturated carbocycles. The number of rotatable bonds is 6. The van der Waals surface area contributed by atoms with Crippen LogP contribution in [0.15, 0.2) is 90.0 Å². The molecular formula is C24H23N3O3S. The largest absolute Gasteiger partial charge is 0.284 e. The standard InChI is InChI=1S/C24H23N3O3S/c1-2-31(29,30)26-21-15-13-18(14-16-21)22-17-23(19-9-5-3-6-10-19)27(25-22)24(28)20-11-7-4-8-12-20/h3-16,23,26H,2,17H2,1H3. The van der Waals surface area contributed by atoms with Crippen molar-refractivity contribution in [3.05, 3.63) is 102 Å². The molecule has 1 N–H and O–H groups in total. The molecule has 6 nitrogen and oxygen atoms in total. The highest BCUT2D eigenvalue weighted by Gasteiger charge is 2.33. The zero-order valence-corrected chi connectivity index (χ0v) is 17.9. The van der Waals surface area contributed by atoms with Gasteiger partial charge in [-0.3, -0.25) is 9.52 Å². The van der Waals surface area contributed by atoms with Gasteiger partial charge < -0.3 is 0 Å². The molecule has 1 aliphatic heterocycles. The highest BCUT2D eigenvalue weighted by Crippen LogP contribution is 2.34. The Hall–Kier alpha value is -3.45. The first-order chi connectivity index (χ1) is 15.0. The average Bonchev–Trinajstić information content (AvgIpc) is 3.25. The molecule has 3 aromatic rings. The Morgan fingerprint density at radius 1 is 0.968 bits per heavy atom. The zero-order valence-electron chi connectivity index (χ0n) is 17.1. The summed E-state index contributed by atoms with van der Waals surface area (Å²) in [5.74, 6) is -0.145. The molecule has 4 rings (SSSR count). The summed E-state index contributed by atoms with van der Waals surface area (Å²) in [5, 5.41) is 6.22. The van der Waals surface area contributed by atoms with Crippen LogP contribution in [0.3, 0.4) is 0 Å². The smallest absolute Gasteiger partial charge is 0.274 e. The lowest BCUT2D eigenvalue weighted by atomic mass is 9.98. The second-order valence-electron chi connectivity index (χ2n) is 7.28. The highest BCUT2D eigenvalue weighted by atomic mass is 32.2. The van der Waals surface area contributed by atoms with Crippen LogP contribution in [0.1, 0.15) is 40.9 Å². The van der Waals surface area contributed by atoms with E-state index >= 15 is 0 Å². The molecule has 0 aromatic heterocycles. The van der Waals surface area contributed by atoms with Crippen molar-refractivity contribution in [3.63, 3.8) is 0 Å². The lowest BCUT2D eigenvalue weighted by molar-refractivity contribution is 0.0711. The quantitative estimate of drug-likeness (QED) is 0.624. The Balaban J connectivity index is 1.64. The molecule has 0 bridgehead atoms. The van der Waals surface area contributed by atoms with Crippen molar-refractivity contribution in [2.24, 2.45) is 5.10 Å². The maximum Gasteiger partial charge on any atom is 0.274 e. The number of carbonyl (C=O) groups excluding carboxylic acids is 1. The predicted molar refractivity (Wildman–Crippen MR) is 122 cm³/mol. The number of hydrogen-bond acceptors (Lipinski definition) is 4. The normalized spacial score (nSPS) is 16.1. The van der Waals surface area contributed by atoms with Gasteiger partial charge in [-0.05, 0) is 42.3 Å². The lowest BCUT2D eigenvalue weighted by Crippen LogP contribution is -2.27. The summed E-state index contributed by atoms with van der Waals surface area (Å²) >= 11 is 0. The molecule has 31 heavy (non-hydrogen) atoms. The number of amides is 1. The van der Waals surface area contributed by atoms with Crippen LogP contribution in [-0.4, -0.2) is 30.8 Å². The van der Waals surface area contributed by atoms with Gasteiger partial charge in [-0.15, -0.1) is 0 Å². The summed E-state index contributed by atoms with van der Waals surface area (Å²) in [6.45, 7) is 1.59. The fourth-order valence-corrected chi connectivity index (χ4v) is 4.14. The number of hydrogen-bond donors (Lipinski definition) is 1. The van der Waals surface area contributed by atoms with Gasteiger partial charge in [0.05, 0.1) is 17.5 Å². The van der Waals surface area contributed by atoms with Crippen LogP contribution in [0.2, 0.25) is 0 Å². The van der Waals surface area contributed by atoms with E-state index in [2.05, 4.69) is 9.82 Å². The molecule has 0 saturated heterocycles. The predicted octanol–water partition coefficient (Wildman–Crippen LogP) is 4.44. The molecule has 1 amide bonds. The number of carbonyl (C=O) groups is 1. The fraction of sp³-hybridized carbons (Fsp3) is 0.167. The molecule has 0 spiro atoms. The van der Waals surface area contributed by atoms with Crippen LogP contribution in [0.25, 0.3) is 0 Å². The summed E-state index contributed by atoms with van der Waals surface area (Å²) in [4.78, 5) is 13.2. The first kappa shape index (κ1) is 20.8. The molecule has 158 valence electrons. The zero-order chi connectivity index (χ0) is 21.8. The second kappa shape index (κ2) is 8.73. The van der Waals surface area contributed by atoms with Crippen molar-refractivity contribution in [1.29, 1.82) is 0 Å². The lowest BCUT2D eigenvalue weighted by Gasteiger charge is -2.22. The maximum absolute atomic E-state index is 13.2. The minimum atomic E-state index is -3.33. The van der Waals surface area contributed by atoms with Crippen molar-refractivity contribution >= 4 is 27.3 Å². The van der Waals surface area contributed by atoms with Gasteiger partial charge in [0.1, 0.15) is 0 Å². The second-order valence-corrected chi connectivity index (χ2v) is 9.29. The van der Waals surface area contributed by atoms with E-state index in [0.717, 1.165) is 16.8 Å². The summed E-state index contributed by atoms with van der Waals surface area (Å²) in [6, 6.07) is 25.8. The number of hydrazone groups is 1. The van der Waals surface area contributed by atoms with Gasteiger partial charge in [-0.1, -0.05) is 60.7 Å². The van der Waals surface area contributed by atoms with Gasteiger partial charge in [-0.2, -0.15) is 5.10 Å². The van der Waals surface area contributed by atoms with Crippen molar-refractivity contribution in [2.75, 3.05) is 10.5 Å². The number of nitrogens with zero attached hydrogens (tertiary/aromatic N) is 2. The van der Waals surface area contributed by atoms with Crippen molar-refractivity contribution < 1.29 is 13.2 Å². The summed E-state index contributed by atoms with van der Waals surface area (Å²) in [7, 11) is -3.33. The third kappa shape index (κ3) is 4.67. The summed E-state index contributed by atoms with van der Waals surface area (Å²) < 4.78 is 26.1. The van der Waals surface area contributed by atoms with E-state index in [4.69, 9.17) is 0 Å². The first-order valence-corrected chi connectivity index (χ1v) is 11.7. The van der Waals surface area contributed by atoms with E-state index in [1.165, 1.54) is 0 Å². The van der Waals surface area contributed by atoms with Crippen LogP contribution < -0.4 is 4.72 Å². The van der Waals surface area contributed by atoms with E-state index < -0.39 is 10.0 Å². The highest BCUT2D eigenvalue weighted by molar-refractivity contribution is 7.92. The Morgan fingerprint density at radius 2 is 1.58 bits per heavy atom. The van der Waals surface area contributed by atoms with Gasteiger partial charge in [0.2, 0.25) is 10.0 Å². The van der Waals surface area contributed by atoms with Crippen molar-refractivity contribution in [2.45, 2.75) is 19.4 Å². The average molecular weight is 434 g/mol. The number of nitrogens with one attached hydrogen (secondary N) is 1. The summed E-state index contributed by atoms with van der Waals surface area (Å²) in [6.07, 6.45) is 0.572. The van der Waals surface area contributed by atoms with Crippen LogP contribution in [-0.2, 0) is 10.0 Å². The van der Waals surface area contributed by atoms with Crippen LogP contribution in [0.5, 0.6) is 0 Å². The Bertz CT molecular complexity index is 1190. The molecule has 0 radical (unpaired) electrons. The number of sulfonamides is 1. The summed E-state index contributed by atoms with van der Waals surface area (Å²) in [5.41, 5.74) is 3.73. The molecule has 0 aliphatic carbocycles. The maximum atomic E-state index is 13.2.